The first-order chi connectivity index (χ1) is 7.20. The normalized spacial score (nSPS) is 10.3. The molecule has 1 aromatic carbocycles. The first-order valence-corrected chi connectivity index (χ1v) is 5.11. The van der Waals surface area contributed by atoms with Gasteiger partial charge in [-0.3, -0.25) is 0 Å². The highest BCUT2D eigenvalue weighted by atomic mass is 35.5. The molecular weight excluding hydrogens is 208 g/mol. The highest BCUT2D eigenvalue weighted by Crippen LogP contribution is 2.29. The molecule has 2 rings (SSSR count). The number of rotatable bonds is 1. The molecule has 76 valence electrons. The topological polar surface area (TPSA) is 25.8 Å². The van der Waals surface area contributed by atoms with Crippen molar-refractivity contribution in [1.82, 2.24) is 10.2 Å². The van der Waals surface area contributed by atoms with Crippen molar-refractivity contribution < 1.29 is 0 Å². The lowest BCUT2D eigenvalue weighted by Gasteiger charge is -2.08. The Labute approximate surface area is 93.9 Å². The second-order valence-corrected chi connectivity index (χ2v) is 3.86. The molecule has 0 saturated heterocycles. The summed E-state index contributed by atoms with van der Waals surface area (Å²) in [5, 5.41) is 8.70. The van der Waals surface area contributed by atoms with E-state index in [-0.39, 0.29) is 0 Å². The van der Waals surface area contributed by atoms with Crippen LogP contribution < -0.4 is 0 Å². The summed E-state index contributed by atoms with van der Waals surface area (Å²) in [5.41, 5.74) is 4.12. The largest absolute Gasteiger partial charge is 0.158 e. The molecule has 0 saturated carbocycles. The van der Waals surface area contributed by atoms with E-state index < -0.39 is 0 Å². The number of hydrogen-bond acceptors (Lipinski definition) is 2. The highest BCUT2D eigenvalue weighted by Gasteiger charge is 2.07. The van der Waals surface area contributed by atoms with Gasteiger partial charge in [0, 0.05) is 16.1 Å². The molecule has 0 spiro atoms. The summed E-state index contributed by atoms with van der Waals surface area (Å²) < 4.78 is 0. The van der Waals surface area contributed by atoms with Crippen LogP contribution in [0.25, 0.3) is 11.1 Å². The molecule has 1 aromatic heterocycles. The van der Waals surface area contributed by atoms with Gasteiger partial charge in [0.1, 0.15) is 0 Å². The van der Waals surface area contributed by atoms with Gasteiger partial charge in [0.15, 0.2) is 0 Å². The van der Waals surface area contributed by atoms with Crippen LogP contribution in [0.15, 0.2) is 30.5 Å². The second kappa shape index (κ2) is 3.99. The molecule has 15 heavy (non-hydrogen) atoms. The minimum Gasteiger partial charge on any atom is -0.158 e. The summed E-state index contributed by atoms with van der Waals surface area (Å²) in [4.78, 5) is 0. The summed E-state index contributed by atoms with van der Waals surface area (Å²) in [5.74, 6) is 0. The average Bonchev–Trinajstić information content (AvgIpc) is 2.23. The molecule has 0 aliphatic heterocycles. The SMILES string of the molecule is Cc1nncc(-c2ccccc2Cl)c1C. The smallest absolute Gasteiger partial charge is 0.0635 e. The third-order valence-corrected chi connectivity index (χ3v) is 2.83. The van der Waals surface area contributed by atoms with Crippen molar-refractivity contribution in [3.63, 3.8) is 0 Å². The van der Waals surface area contributed by atoms with Crippen LogP contribution in [0.4, 0.5) is 0 Å². The maximum atomic E-state index is 6.13. The predicted octanol–water partition coefficient (Wildman–Crippen LogP) is 3.41. The van der Waals surface area contributed by atoms with Crippen LogP contribution in [0.3, 0.4) is 0 Å². The lowest BCUT2D eigenvalue weighted by molar-refractivity contribution is 0.964. The number of aryl methyl sites for hydroxylation is 1. The summed E-state index contributed by atoms with van der Waals surface area (Å²) in [6, 6.07) is 7.76. The van der Waals surface area contributed by atoms with Gasteiger partial charge < -0.3 is 0 Å². The van der Waals surface area contributed by atoms with Gasteiger partial charge in [-0.2, -0.15) is 10.2 Å². The van der Waals surface area contributed by atoms with Crippen molar-refractivity contribution in [2.75, 3.05) is 0 Å². The van der Waals surface area contributed by atoms with Crippen LogP contribution in [-0.4, -0.2) is 10.2 Å². The number of aromatic nitrogens is 2. The minimum absolute atomic E-state index is 0.744. The lowest BCUT2D eigenvalue weighted by atomic mass is 10.0. The van der Waals surface area contributed by atoms with Gasteiger partial charge in [-0.05, 0) is 25.5 Å². The van der Waals surface area contributed by atoms with E-state index in [2.05, 4.69) is 10.2 Å². The van der Waals surface area contributed by atoms with Gasteiger partial charge >= 0.3 is 0 Å². The zero-order valence-electron chi connectivity index (χ0n) is 8.66. The van der Waals surface area contributed by atoms with Crippen molar-refractivity contribution in [3.8, 4) is 11.1 Å². The zero-order chi connectivity index (χ0) is 10.8. The summed E-state index contributed by atoms with van der Waals surface area (Å²) in [6.07, 6.45) is 1.75. The number of nitrogens with zero attached hydrogens (tertiary/aromatic N) is 2. The summed E-state index contributed by atoms with van der Waals surface area (Å²) in [7, 11) is 0. The fourth-order valence-electron chi connectivity index (χ4n) is 1.49. The number of benzene rings is 1. The van der Waals surface area contributed by atoms with E-state index in [1.54, 1.807) is 6.20 Å². The van der Waals surface area contributed by atoms with E-state index in [9.17, 15) is 0 Å². The molecule has 0 bridgehead atoms. The Balaban J connectivity index is 2.65. The van der Waals surface area contributed by atoms with E-state index in [1.165, 1.54) is 0 Å². The Morgan fingerprint density at radius 1 is 1.07 bits per heavy atom. The van der Waals surface area contributed by atoms with Gasteiger partial charge in [-0.25, -0.2) is 0 Å². The van der Waals surface area contributed by atoms with Crippen LogP contribution >= 0.6 is 11.6 Å². The predicted molar refractivity (Wildman–Crippen MR) is 62.0 cm³/mol. The molecule has 0 aliphatic rings. The van der Waals surface area contributed by atoms with E-state index in [0.29, 0.717) is 0 Å². The monoisotopic (exact) mass is 218 g/mol. The summed E-state index contributed by atoms with van der Waals surface area (Å²) in [6.45, 7) is 3.98. The van der Waals surface area contributed by atoms with Crippen molar-refractivity contribution in [3.05, 3.63) is 46.7 Å². The van der Waals surface area contributed by atoms with E-state index in [1.807, 2.05) is 38.1 Å². The van der Waals surface area contributed by atoms with E-state index >= 15 is 0 Å². The quantitative estimate of drug-likeness (QED) is 0.733. The first-order valence-electron chi connectivity index (χ1n) is 4.74. The molecule has 2 nitrogen and oxygen atoms in total. The molecular formula is C12H11ClN2. The maximum absolute atomic E-state index is 6.13. The highest BCUT2D eigenvalue weighted by molar-refractivity contribution is 6.33. The molecule has 0 amide bonds. The molecule has 3 heteroatoms. The molecule has 2 aromatic rings. The van der Waals surface area contributed by atoms with Crippen molar-refractivity contribution in [2.24, 2.45) is 0 Å². The minimum atomic E-state index is 0.744. The van der Waals surface area contributed by atoms with E-state index in [0.717, 1.165) is 27.4 Å². The van der Waals surface area contributed by atoms with Crippen LogP contribution in [-0.2, 0) is 0 Å². The Hall–Kier alpha value is -1.41. The van der Waals surface area contributed by atoms with Crippen LogP contribution in [0.5, 0.6) is 0 Å². The lowest BCUT2D eigenvalue weighted by Crippen LogP contribution is -1.94. The molecule has 1 heterocycles. The Morgan fingerprint density at radius 3 is 2.53 bits per heavy atom. The third kappa shape index (κ3) is 1.85. The van der Waals surface area contributed by atoms with Gasteiger partial charge in [-0.15, -0.1) is 0 Å². The van der Waals surface area contributed by atoms with Gasteiger partial charge in [-0.1, -0.05) is 29.8 Å². The molecule has 0 atom stereocenters. The number of hydrogen-bond donors (Lipinski definition) is 0. The van der Waals surface area contributed by atoms with Crippen LogP contribution in [0.1, 0.15) is 11.3 Å². The van der Waals surface area contributed by atoms with E-state index in [4.69, 9.17) is 11.6 Å². The van der Waals surface area contributed by atoms with Crippen LogP contribution in [0, 0.1) is 13.8 Å². The fourth-order valence-corrected chi connectivity index (χ4v) is 1.73. The Bertz CT molecular complexity index is 495. The third-order valence-electron chi connectivity index (χ3n) is 2.51. The molecule has 0 aliphatic carbocycles. The van der Waals surface area contributed by atoms with Gasteiger partial charge in [0.05, 0.1) is 11.9 Å². The average molecular weight is 219 g/mol. The van der Waals surface area contributed by atoms with Gasteiger partial charge in [0.25, 0.3) is 0 Å². The second-order valence-electron chi connectivity index (χ2n) is 3.45. The van der Waals surface area contributed by atoms with Crippen molar-refractivity contribution in [1.29, 1.82) is 0 Å². The molecule has 0 N–H and O–H groups in total. The van der Waals surface area contributed by atoms with Crippen LogP contribution in [0.2, 0.25) is 5.02 Å². The number of halogens is 1. The van der Waals surface area contributed by atoms with Crippen molar-refractivity contribution >= 4 is 11.6 Å². The standard InChI is InChI=1S/C12H11ClN2/c1-8-9(2)15-14-7-11(8)10-5-3-4-6-12(10)13/h3-7H,1-2H3. The van der Waals surface area contributed by atoms with Gasteiger partial charge in [0.2, 0.25) is 0 Å². The zero-order valence-corrected chi connectivity index (χ0v) is 9.42. The first kappa shape index (κ1) is 10.1. The Morgan fingerprint density at radius 2 is 1.80 bits per heavy atom. The molecule has 0 radical (unpaired) electrons. The summed E-state index contributed by atoms with van der Waals surface area (Å²) >= 11 is 6.13. The molecule has 0 unspecified atom stereocenters. The van der Waals surface area contributed by atoms with Crippen molar-refractivity contribution in [2.45, 2.75) is 13.8 Å². The fraction of sp³-hybridized carbons (Fsp3) is 0.167. The molecule has 0 fully saturated rings. The maximum Gasteiger partial charge on any atom is 0.0635 e. The Kier molecular flexibility index (Phi) is 2.69.